The third-order valence-electron chi connectivity index (χ3n) is 2.69. The van der Waals surface area contributed by atoms with E-state index in [0.717, 1.165) is 13.0 Å². The average Bonchev–Trinajstić information content (AvgIpc) is 2.31. The van der Waals surface area contributed by atoms with Crippen LogP contribution in [0, 0.1) is 0 Å². The molecular weight excluding hydrogens is 178 g/mol. The summed E-state index contributed by atoms with van der Waals surface area (Å²) in [6.45, 7) is 3.10. The fraction of sp³-hybridized carbons (Fsp3) is 0.900. The Bertz CT molecular complexity index is 176. The van der Waals surface area contributed by atoms with Crippen LogP contribution in [0.3, 0.4) is 0 Å². The molecular formula is C10H21N3O. The molecule has 1 saturated heterocycles. The van der Waals surface area contributed by atoms with E-state index in [0.29, 0.717) is 6.04 Å². The minimum absolute atomic E-state index is 0.170. The molecule has 2 atom stereocenters. The minimum Gasteiger partial charge on any atom is -0.352 e. The quantitative estimate of drug-likeness (QED) is 0.634. The number of carbonyl (C=O) groups is 1. The van der Waals surface area contributed by atoms with E-state index in [4.69, 9.17) is 5.73 Å². The van der Waals surface area contributed by atoms with Gasteiger partial charge in [0.2, 0.25) is 0 Å². The van der Waals surface area contributed by atoms with Crippen LogP contribution in [0.1, 0.15) is 39.0 Å². The van der Waals surface area contributed by atoms with Crippen LogP contribution in [0.15, 0.2) is 0 Å². The van der Waals surface area contributed by atoms with Gasteiger partial charge in [-0.05, 0) is 32.7 Å². The Hall–Kier alpha value is -0.770. The van der Waals surface area contributed by atoms with Crippen molar-refractivity contribution in [2.45, 2.75) is 51.1 Å². The van der Waals surface area contributed by atoms with Crippen molar-refractivity contribution in [3.8, 4) is 0 Å². The Labute approximate surface area is 85.6 Å². The first-order chi connectivity index (χ1) is 6.68. The molecule has 2 amide bonds. The summed E-state index contributed by atoms with van der Waals surface area (Å²) in [6, 6.07) is 0.286. The molecule has 4 heteroatoms. The van der Waals surface area contributed by atoms with Gasteiger partial charge < -0.3 is 16.4 Å². The van der Waals surface area contributed by atoms with E-state index in [1.54, 1.807) is 0 Å². The van der Waals surface area contributed by atoms with Gasteiger partial charge in [0.05, 0.1) is 0 Å². The van der Waals surface area contributed by atoms with E-state index >= 15 is 0 Å². The summed E-state index contributed by atoms with van der Waals surface area (Å²) in [5.41, 5.74) is 5.06. The lowest BCUT2D eigenvalue weighted by molar-refractivity contribution is 0.244. The molecule has 0 radical (unpaired) electrons. The van der Waals surface area contributed by atoms with Gasteiger partial charge in [-0.2, -0.15) is 0 Å². The second-order valence-corrected chi connectivity index (χ2v) is 4.15. The lowest BCUT2D eigenvalue weighted by Gasteiger charge is -2.20. The van der Waals surface area contributed by atoms with E-state index in [2.05, 4.69) is 10.6 Å². The highest BCUT2D eigenvalue weighted by atomic mass is 16.2. The van der Waals surface area contributed by atoms with Crippen molar-refractivity contribution < 1.29 is 4.79 Å². The fourth-order valence-corrected chi connectivity index (χ4v) is 2.03. The van der Waals surface area contributed by atoms with E-state index in [9.17, 15) is 4.79 Å². The van der Waals surface area contributed by atoms with Crippen molar-refractivity contribution in [1.29, 1.82) is 0 Å². The lowest BCUT2D eigenvalue weighted by atomic mass is 10.0. The monoisotopic (exact) mass is 199 g/mol. The van der Waals surface area contributed by atoms with Gasteiger partial charge in [-0.25, -0.2) is 4.79 Å². The van der Waals surface area contributed by atoms with Crippen LogP contribution in [0.25, 0.3) is 0 Å². The van der Waals surface area contributed by atoms with Crippen LogP contribution in [0.4, 0.5) is 4.79 Å². The zero-order chi connectivity index (χ0) is 10.4. The normalized spacial score (nSPS) is 25.1. The van der Waals surface area contributed by atoms with E-state index in [1.807, 2.05) is 6.92 Å². The second-order valence-electron chi connectivity index (χ2n) is 4.15. The van der Waals surface area contributed by atoms with Crippen molar-refractivity contribution in [2.75, 3.05) is 6.54 Å². The maximum Gasteiger partial charge on any atom is 0.312 e. The predicted molar refractivity (Wildman–Crippen MR) is 57.1 cm³/mol. The summed E-state index contributed by atoms with van der Waals surface area (Å²) in [4.78, 5) is 10.6. The number of rotatable bonds is 3. The number of hydrogen-bond acceptors (Lipinski definition) is 2. The molecule has 0 bridgehead atoms. The van der Waals surface area contributed by atoms with Crippen molar-refractivity contribution in [3.05, 3.63) is 0 Å². The largest absolute Gasteiger partial charge is 0.352 e. The molecule has 0 saturated carbocycles. The van der Waals surface area contributed by atoms with Crippen molar-refractivity contribution in [1.82, 2.24) is 10.6 Å². The average molecular weight is 199 g/mol. The smallest absolute Gasteiger partial charge is 0.312 e. The Kier molecular flexibility index (Phi) is 4.73. The fourth-order valence-electron chi connectivity index (χ4n) is 2.03. The van der Waals surface area contributed by atoms with Gasteiger partial charge in [0.15, 0.2) is 0 Å². The molecule has 1 aliphatic heterocycles. The number of nitrogens with one attached hydrogen (secondary N) is 2. The van der Waals surface area contributed by atoms with Gasteiger partial charge in [-0.15, -0.1) is 0 Å². The number of primary amides is 1. The van der Waals surface area contributed by atoms with E-state index in [-0.39, 0.29) is 6.04 Å². The van der Waals surface area contributed by atoms with Crippen LogP contribution >= 0.6 is 0 Å². The van der Waals surface area contributed by atoms with Crippen molar-refractivity contribution >= 4 is 6.03 Å². The molecule has 0 aromatic heterocycles. The molecule has 1 aliphatic rings. The Morgan fingerprint density at radius 2 is 2.36 bits per heavy atom. The highest BCUT2D eigenvalue weighted by Crippen LogP contribution is 2.12. The number of hydrogen-bond donors (Lipinski definition) is 3. The summed E-state index contributed by atoms with van der Waals surface area (Å²) in [5.74, 6) is 0. The van der Waals surface area contributed by atoms with Gasteiger partial charge in [0.25, 0.3) is 0 Å². The number of urea groups is 1. The zero-order valence-corrected chi connectivity index (χ0v) is 8.88. The van der Waals surface area contributed by atoms with Crippen LogP contribution in [0.2, 0.25) is 0 Å². The summed E-state index contributed by atoms with van der Waals surface area (Å²) >= 11 is 0. The Morgan fingerprint density at radius 1 is 1.57 bits per heavy atom. The van der Waals surface area contributed by atoms with Crippen molar-refractivity contribution in [3.63, 3.8) is 0 Å². The SMILES string of the molecule is CC(CC1CCCCCN1)NC(N)=O. The molecule has 1 heterocycles. The number of amides is 2. The third-order valence-corrected chi connectivity index (χ3v) is 2.69. The van der Waals surface area contributed by atoms with Gasteiger partial charge in [0.1, 0.15) is 0 Å². The molecule has 1 rings (SSSR count). The maximum absolute atomic E-state index is 10.6. The van der Waals surface area contributed by atoms with Gasteiger partial charge >= 0.3 is 6.03 Å². The third kappa shape index (κ3) is 4.46. The topological polar surface area (TPSA) is 67.2 Å². The van der Waals surface area contributed by atoms with E-state index in [1.165, 1.54) is 25.7 Å². The van der Waals surface area contributed by atoms with E-state index < -0.39 is 6.03 Å². The molecule has 4 N–H and O–H groups in total. The molecule has 0 aliphatic carbocycles. The van der Waals surface area contributed by atoms with Crippen LogP contribution in [0.5, 0.6) is 0 Å². The molecule has 0 spiro atoms. The zero-order valence-electron chi connectivity index (χ0n) is 8.88. The molecule has 14 heavy (non-hydrogen) atoms. The molecule has 82 valence electrons. The minimum atomic E-state index is -0.425. The summed E-state index contributed by atoms with van der Waals surface area (Å²) < 4.78 is 0. The molecule has 0 aromatic rings. The summed E-state index contributed by atoms with van der Waals surface area (Å²) in [5, 5.41) is 6.20. The molecule has 1 fully saturated rings. The van der Waals surface area contributed by atoms with Crippen molar-refractivity contribution in [2.24, 2.45) is 5.73 Å². The second kappa shape index (κ2) is 5.86. The van der Waals surface area contributed by atoms with Crippen LogP contribution < -0.4 is 16.4 Å². The number of carbonyl (C=O) groups excluding carboxylic acids is 1. The highest BCUT2D eigenvalue weighted by molar-refractivity contribution is 5.71. The lowest BCUT2D eigenvalue weighted by Crippen LogP contribution is -2.41. The standard InChI is InChI=1S/C10H21N3O/c1-8(13-10(11)14)7-9-5-3-2-4-6-12-9/h8-9,12H,2-7H2,1H3,(H3,11,13,14). The van der Waals surface area contributed by atoms with Gasteiger partial charge in [-0.1, -0.05) is 12.8 Å². The van der Waals surface area contributed by atoms with Crippen LogP contribution in [-0.4, -0.2) is 24.7 Å². The first-order valence-corrected chi connectivity index (χ1v) is 5.48. The number of nitrogens with two attached hydrogens (primary N) is 1. The Balaban J connectivity index is 2.23. The molecule has 4 nitrogen and oxygen atoms in total. The van der Waals surface area contributed by atoms with Gasteiger partial charge in [0, 0.05) is 12.1 Å². The highest BCUT2D eigenvalue weighted by Gasteiger charge is 2.15. The summed E-state index contributed by atoms with van der Waals surface area (Å²) in [7, 11) is 0. The van der Waals surface area contributed by atoms with Gasteiger partial charge in [-0.3, -0.25) is 0 Å². The first-order valence-electron chi connectivity index (χ1n) is 5.48. The molecule has 2 unspecified atom stereocenters. The predicted octanol–water partition coefficient (Wildman–Crippen LogP) is 0.966. The summed E-state index contributed by atoms with van der Waals surface area (Å²) in [6.07, 6.45) is 6.07. The Morgan fingerprint density at radius 3 is 3.07 bits per heavy atom. The van der Waals surface area contributed by atoms with Crippen LogP contribution in [-0.2, 0) is 0 Å². The first kappa shape index (κ1) is 11.3. The molecule has 0 aromatic carbocycles. The maximum atomic E-state index is 10.6.